The zero-order valence-electron chi connectivity index (χ0n) is 15.5. The van der Waals surface area contributed by atoms with Crippen molar-refractivity contribution < 1.29 is 0 Å². The molecule has 2 aromatic rings. The Labute approximate surface area is 151 Å². The zero-order valence-corrected chi connectivity index (χ0v) is 15.5. The normalized spacial score (nSPS) is 22.4. The molecule has 1 aromatic heterocycles. The summed E-state index contributed by atoms with van der Waals surface area (Å²) in [5.41, 5.74) is 6.24. The molecule has 1 unspecified atom stereocenters. The van der Waals surface area contributed by atoms with E-state index in [0.717, 1.165) is 29.8 Å². The maximum atomic E-state index is 4.39. The van der Waals surface area contributed by atoms with Crippen molar-refractivity contribution in [2.24, 2.45) is 5.92 Å². The largest absolute Gasteiger partial charge is 0.302 e. The molecule has 3 heteroatoms. The standard InChI is InChI=1S/C22H29N3/c1-16-8-11-22(24-23-16)18-9-10-20-19(14-18)15-25(2)13-12-21(20)17-6-4-3-5-7-17/h8-11,14,17,21H,3-7,12-13,15H2,1-2H3. The van der Waals surface area contributed by atoms with Gasteiger partial charge in [0.25, 0.3) is 0 Å². The van der Waals surface area contributed by atoms with E-state index >= 15 is 0 Å². The molecule has 1 aliphatic carbocycles. The quantitative estimate of drug-likeness (QED) is 0.777. The van der Waals surface area contributed by atoms with E-state index < -0.39 is 0 Å². The number of hydrogen-bond donors (Lipinski definition) is 0. The Kier molecular flexibility index (Phi) is 4.85. The van der Waals surface area contributed by atoms with Crippen LogP contribution < -0.4 is 0 Å². The van der Waals surface area contributed by atoms with Crippen LogP contribution in [-0.2, 0) is 6.54 Å². The molecule has 2 heterocycles. The molecular weight excluding hydrogens is 306 g/mol. The van der Waals surface area contributed by atoms with E-state index in [4.69, 9.17) is 0 Å². The lowest BCUT2D eigenvalue weighted by molar-refractivity contribution is 0.268. The van der Waals surface area contributed by atoms with Gasteiger partial charge in [-0.3, -0.25) is 0 Å². The molecule has 1 saturated carbocycles. The van der Waals surface area contributed by atoms with E-state index in [1.807, 2.05) is 13.0 Å². The van der Waals surface area contributed by atoms with Crippen LogP contribution in [0.2, 0.25) is 0 Å². The van der Waals surface area contributed by atoms with Crippen molar-refractivity contribution in [1.29, 1.82) is 0 Å². The van der Waals surface area contributed by atoms with Crippen LogP contribution in [0.3, 0.4) is 0 Å². The van der Waals surface area contributed by atoms with Gasteiger partial charge in [0.15, 0.2) is 0 Å². The first kappa shape index (κ1) is 16.7. The average Bonchev–Trinajstić information content (AvgIpc) is 2.80. The third-order valence-corrected chi connectivity index (χ3v) is 6.12. The van der Waals surface area contributed by atoms with E-state index in [0.29, 0.717) is 0 Å². The number of nitrogens with zero attached hydrogens (tertiary/aromatic N) is 3. The minimum atomic E-state index is 0.735. The third-order valence-electron chi connectivity index (χ3n) is 6.12. The second-order valence-corrected chi connectivity index (χ2v) is 8.00. The summed E-state index contributed by atoms with van der Waals surface area (Å²) in [6.07, 6.45) is 8.41. The zero-order chi connectivity index (χ0) is 17.2. The second kappa shape index (κ2) is 7.25. The average molecular weight is 335 g/mol. The molecule has 1 aromatic carbocycles. The number of benzene rings is 1. The summed E-state index contributed by atoms with van der Waals surface area (Å²) in [6, 6.07) is 11.2. The summed E-state index contributed by atoms with van der Waals surface area (Å²) in [5, 5.41) is 8.61. The first-order valence-electron chi connectivity index (χ1n) is 9.83. The predicted molar refractivity (Wildman–Crippen MR) is 102 cm³/mol. The predicted octanol–water partition coefficient (Wildman–Crippen LogP) is 4.95. The van der Waals surface area contributed by atoms with E-state index in [2.05, 4.69) is 46.4 Å². The van der Waals surface area contributed by atoms with Crippen LogP contribution in [0.4, 0.5) is 0 Å². The lowest BCUT2D eigenvalue weighted by atomic mass is 9.74. The lowest BCUT2D eigenvalue weighted by Gasteiger charge is -2.31. The van der Waals surface area contributed by atoms with Gasteiger partial charge in [0.05, 0.1) is 11.4 Å². The molecule has 4 rings (SSSR count). The van der Waals surface area contributed by atoms with Crippen molar-refractivity contribution in [3.8, 4) is 11.3 Å². The molecule has 0 radical (unpaired) electrons. The molecule has 132 valence electrons. The van der Waals surface area contributed by atoms with Gasteiger partial charge in [0, 0.05) is 12.1 Å². The molecule has 0 spiro atoms. The molecule has 3 nitrogen and oxygen atoms in total. The number of fused-ring (bicyclic) bond motifs is 1. The fourth-order valence-electron chi connectivity index (χ4n) is 4.73. The van der Waals surface area contributed by atoms with Gasteiger partial charge in [-0.1, -0.05) is 31.4 Å². The maximum Gasteiger partial charge on any atom is 0.0929 e. The number of rotatable bonds is 2. The Hall–Kier alpha value is -1.74. The molecule has 0 saturated heterocycles. The SMILES string of the molecule is Cc1ccc(-c2ccc3c(c2)CN(C)CCC3C2CCCCC2)nn1. The van der Waals surface area contributed by atoms with Crippen LogP contribution in [0.15, 0.2) is 30.3 Å². The fraction of sp³-hybridized carbons (Fsp3) is 0.545. The Balaban J connectivity index is 1.69. The van der Waals surface area contributed by atoms with Crippen LogP contribution in [0, 0.1) is 12.8 Å². The topological polar surface area (TPSA) is 29.0 Å². The molecule has 1 fully saturated rings. The highest BCUT2D eigenvalue weighted by atomic mass is 15.1. The van der Waals surface area contributed by atoms with Gasteiger partial charge in [-0.05, 0) is 80.9 Å². The van der Waals surface area contributed by atoms with E-state index in [-0.39, 0.29) is 0 Å². The monoisotopic (exact) mass is 335 g/mol. The summed E-state index contributed by atoms with van der Waals surface area (Å²) in [6.45, 7) is 4.23. The third kappa shape index (κ3) is 3.62. The van der Waals surface area contributed by atoms with Crippen molar-refractivity contribution in [2.45, 2.75) is 57.9 Å². The Morgan fingerprint density at radius 2 is 1.80 bits per heavy atom. The van der Waals surface area contributed by atoms with E-state index in [9.17, 15) is 0 Å². The van der Waals surface area contributed by atoms with Gasteiger partial charge in [-0.25, -0.2) is 0 Å². The first-order valence-corrected chi connectivity index (χ1v) is 9.83. The molecule has 0 N–H and O–H groups in total. The highest BCUT2D eigenvalue weighted by Gasteiger charge is 2.29. The highest BCUT2D eigenvalue weighted by molar-refractivity contribution is 5.61. The van der Waals surface area contributed by atoms with Gasteiger partial charge >= 0.3 is 0 Å². The molecular formula is C22H29N3. The van der Waals surface area contributed by atoms with Gasteiger partial charge in [0.1, 0.15) is 0 Å². The fourth-order valence-corrected chi connectivity index (χ4v) is 4.73. The van der Waals surface area contributed by atoms with Crippen molar-refractivity contribution >= 4 is 0 Å². The van der Waals surface area contributed by atoms with Gasteiger partial charge in [0.2, 0.25) is 0 Å². The lowest BCUT2D eigenvalue weighted by Crippen LogP contribution is -2.20. The van der Waals surface area contributed by atoms with Gasteiger partial charge in [-0.15, -0.1) is 0 Å². The number of aromatic nitrogens is 2. The Bertz CT molecular complexity index is 717. The Morgan fingerprint density at radius 3 is 2.56 bits per heavy atom. The minimum Gasteiger partial charge on any atom is -0.302 e. The van der Waals surface area contributed by atoms with Crippen LogP contribution >= 0.6 is 0 Å². The molecule has 1 aliphatic heterocycles. The van der Waals surface area contributed by atoms with Crippen LogP contribution in [-0.4, -0.2) is 28.7 Å². The molecule has 0 bridgehead atoms. The molecule has 0 amide bonds. The van der Waals surface area contributed by atoms with Gasteiger partial charge < -0.3 is 4.90 Å². The van der Waals surface area contributed by atoms with E-state index in [1.54, 1.807) is 5.56 Å². The second-order valence-electron chi connectivity index (χ2n) is 8.00. The number of hydrogen-bond acceptors (Lipinski definition) is 3. The van der Waals surface area contributed by atoms with Crippen molar-refractivity contribution in [2.75, 3.05) is 13.6 Å². The summed E-state index contributed by atoms with van der Waals surface area (Å²) in [5.74, 6) is 1.61. The van der Waals surface area contributed by atoms with Gasteiger partial charge in [-0.2, -0.15) is 10.2 Å². The molecule has 25 heavy (non-hydrogen) atoms. The van der Waals surface area contributed by atoms with Crippen LogP contribution in [0.1, 0.15) is 61.3 Å². The summed E-state index contributed by atoms with van der Waals surface area (Å²) >= 11 is 0. The first-order chi connectivity index (χ1) is 12.2. The van der Waals surface area contributed by atoms with Crippen LogP contribution in [0.25, 0.3) is 11.3 Å². The Morgan fingerprint density at radius 1 is 0.960 bits per heavy atom. The van der Waals surface area contributed by atoms with Crippen molar-refractivity contribution in [3.63, 3.8) is 0 Å². The summed E-state index contributed by atoms with van der Waals surface area (Å²) < 4.78 is 0. The summed E-state index contributed by atoms with van der Waals surface area (Å²) in [4.78, 5) is 2.48. The summed E-state index contributed by atoms with van der Waals surface area (Å²) in [7, 11) is 2.26. The van der Waals surface area contributed by atoms with E-state index in [1.165, 1.54) is 56.2 Å². The molecule has 1 atom stereocenters. The van der Waals surface area contributed by atoms with Crippen molar-refractivity contribution in [3.05, 3.63) is 47.2 Å². The molecule has 2 aliphatic rings. The highest BCUT2D eigenvalue weighted by Crippen LogP contribution is 2.41. The van der Waals surface area contributed by atoms with Crippen LogP contribution in [0.5, 0.6) is 0 Å². The smallest absolute Gasteiger partial charge is 0.0929 e. The van der Waals surface area contributed by atoms with Crippen molar-refractivity contribution in [1.82, 2.24) is 15.1 Å². The number of aryl methyl sites for hydroxylation is 1. The minimum absolute atomic E-state index is 0.735. The maximum absolute atomic E-state index is 4.39.